The quantitative estimate of drug-likeness (QED) is 0.171. The van der Waals surface area contributed by atoms with E-state index in [4.69, 9.17) is 21.3 Å². The first-order valence-corrected chi connectivity index (χ1v) is 13.7. The number of para-hydroxylation sites is 1. The molecule has 38 heavy (non-hydrogen) atoms. The number of carbonyl (C=O) groups excluding carboxylic acids is 1. The highest BCUT2D eigenvalue weighted by Gasteiger charge is 2.38. The number of amidine groups is 1. The molecule has 194 valence electrons. The van der Waals surface area contributed by atoms with Gasteiger partial charge in [0.25, 0.3) is 11.6 Å². The molecule has 1 aliphatic heterocycles. The van der Waals surface area contributed by atoms with E-state index in [0.29, 0.717) is 26.4 Å². The van der Waals surface area contributed by atoms with Crippen LogP contribution in [0.3, 0.4) is 0 Å². The van der Waals surface area contributed by atoms with Crippen LogP contribution in [0.25, 0.3) is 6.08 Å². The second-order valence-corrected chi connectivity index (χ2v) is 10.6. The zero-order chi connectivity index (χ0) is 26.5. The van der Waals surface area contributed by atoms with Gasteiger partial charge in [0.15, 0.2) is 5.17 Å². The number of nitrogens with zero attached hydrogens (tertiary/aromatic N) is 3. The number of benzene rings is 3. The number of ether oxygens (including phenoxy) is 1. The molecular weight excluding hydrogens is 522 g/mol. The molecule has 1 heterocycles. The van der Waals surface area contributed by atoms with Gasteiger partial charge in [0.05, 0.1) is 15.5 Å². The number of thioether (sulfide) groups is 1. The van der Waals surface area contributed by atoms with Gasteiger partial charge in [-0.2, -0.15) is 0 Å². The van der Waals surface area contributed by atoms with Crippen LogP contribution in [0.4, 0.5) is 11.4 Å². The first-order valence-electron chi connectivity index (χ1n) is 12.5. The lowest BCUT2D eigenvalue weighted by molar-refractivity contribution is -0.384. The summed E-state index contributed by atoms with van der Waals surface area (Å²) in [5.41, 5.74) is 2.30. The standard InChI is InChI=1S/C29H26ClN3O4S/c30-22-13-16-26(37-19-20-11-14-25(15-12-20)33(35)36)21(17-22)18-27-28(34)32(24-9-5-2-6-10-24)29(38-27)31-23-7-3-1-4-8-23/h1,3-4,7-8,11-18,24H,2,5-6,9-10,19H2/b27-18-,31-29?. The minimum Gasteiger partial charge on any atom is -0.488 e. The molecule has 1 saturated heterocycles. The summed E-state index contributed by atoms with van der Waals surface area (Å²) in [7, 11) is 0. The number of hydrogen-bond acceptors (Lipinski definition) is 6. The highest BCUT2D eigenvalue weighted by molar-refractivity contribution is 8.18. The number of nitro groups is 1. The van der Waals surface area contributed by atoms with Crippen LogP contribution in [0.2, 0.25) is 5.02 Å². The average Bonchev–Trinajstić information content (AvgIpc) is 3.23. The van der Waals surface area contributed by atoms with Crippen molar-refractivity contribution < 1.29 is 14.5 Å². The molecule has 3 aromatic carbocycles. The maximum Gasteiger partial charge on any atom is 0.269 e. The van der Waals surface area contributed by atoms with E-state index >= 15 is 0 Å². The van der Waals surface area contributed by atoms with Crippen LogP contribution < -0.4 is 4.74 Å². The summed E-state index contributed by atoms with van der Waals surface area (Å²) in [5, 5.41) is 12.1. The smallest absolute Gasteiger partial charge is 0.269 e. The monoisotopic (exact) mass is 547 g/mol. The highest BCUT2D eigenvalue weighted by Crippen LogP contribution is 2.39. The van der Waals surface area contributed by atoms with Gasteiger partial charge in [-0.25, -0.2) is 4.99 Å². The van der Waals surface area contributed by atoms with Crippen molar-refractivity contribution >= 4 is 51.9 Å². The van der Waals surface area contributed by atoms with Gasteiger partial charge in [-0.05, 0) is 78.7 Å². The number of aliphatic imine (C=N–C) groups is 1. The van der Waals surface area contributed by atoms with E-state index in [0.717, 1.165) is 36.9 Å². The first kappa shape index (κ1) is 26.0. The lowest BCUT2D eigenvalue weighted by Gasteiger charge is -2.30. The summed E-state index contributed by atoms with van der Waals surface area (Å²) < 4.78 is 6.05. The largest absolute Gasteiger partial charge is 0.488 e. The fourth-order valence-electron chi connectivity index (χ4n) is 4.62. The zero-order valence-corrected chi connectivity index (χ0v) is 22.2. The molecule has 0 aromatic heterocycles. The number of non-ortho nitro benzene ring substituents is 1. The predicted octanol–water partition coefficient (Wildman–Crippen LogP) is 7.76. The van der Waals surface area contributed by atoms with Crippen molar-refractivity contribution in [3.8, 4) is 5.75 Å². The SMILES string of the molecule is O=C1/C(=C/c2cc(Cl)ccc2OCc2ccc([N+](=O)[O-])cc2)SC(=Nc2ccccc2)N1C1CCCCC1. The van der Waals surface area contributed by atoms with Gasteiger partial charge in [-0.3, -0.25) is 19.8 Å². The predicted molar refractivity (Wildman–Crippen MR) is 152 cm³/mol. The fraction of sp³-hybridized carbons (Fsp3) is 0.241. The maximum absolute atomic E-state index is 13.7. The van der Waals surface area contributed by atoms with Crippen molar-refractivity contribution in [3.05, 3.63) is 104 Å². The van der Waals surface area contributed by atoms with E-state index < -0.39 is 4.92 Å². The van der Waals surface area contributed by atoms with E-state index in [9.17, 15) is 14.9 Å². The van der Waals surface area contributed by atoms with Crippen LogP contribution >= 0.6 is 23.4 Å². The number of hydrogen-bond donors (Lipinski definition) is 0. The Morgan fingerprint density at radius 1 is 1.05 bits per heavy atom. The number of amides is 1. The molecule has 1 amide bonds. The summed E-state index contributed by atoms with van der Waals surface area (Å²) in [6, 6.07) is 21.3. The van der Waals surface area contributed by atoms with Crippen molar-refractivity contribution in [2.75, 3.05) is 0 Å². The Hall–Kier alpha value is -3.62. The Kier molecular flexibility index (Phi) is 8.10. The number of halogens is 1. The molecule has 1 aliphatic carbocycles. The highest BCUT2D eigenvalue weighted by atomic mass is 35.5. The topological polar surface area (TPSA) is 85.0 Å². The van der Waals surface area contributed by atoms with E-state index in [2.05, 4.69) is 0 Å². The minimum atomic E-state index is -0.434. The molecule has 0 spiro atoms. The zero-order valence-electron chi connectivity index (χ0n) is 20.6. The lowest BCUT2D eigenvalue weighted by atomic mass is 9.94. The van der Waals surface area contributed by atoms with Crippen LogP contribution in [-0.2, 0) is 11.4 Å². The molecule has 9 heteroatoms. The van der Waals surface area contributed by atoms with Gasteiger partial charge < -0.3 is 4.74 Å². The summed E-state index contributed by atoms with van der Waals surface area (Å²) in [6.07, 6.45) is 7.14. The molecule has 0 unspecified atom stereocenters. The second-order valence-electron chi connectivity index (χ2n) is 9.20. The van der Waals surface area contributed by atoms with E-state index in [1.165, 1.54) is 30.3 Å². The molecule has 3 aromatic rings. The number of rotatable bonds is 7. The van der Waals surface area contributed by atoms with E-state index in [1.54, 1.807) is 30.3 Å². The molecule has 1 saturated carbocycles. The molecule has 7 nitrogen and oxygen atoms in total. The van der Waals surface area contributed by atoms with Crippen molar-refractivity contribution in [1.29, 1.82) is 0 Å². The van der Waals surface area contributed by atoms with Gasteiger partial charge in [0, 0.05) is 28.8 Å². The van der Waals surface area contributed by atoms with Crippen LogP contribution in [0.1, 0.15) is 43.2 Å². The average molecular weight is 548 g/mol. The number of nitro benzene ring substituents is 1. The molecule has 2 fully saturated rings. The lowest BCUT2D eigenvalue weighted by Crippen LogP contribution is -2.40. The van der Waals surface area contributed by atoms with Crippen LogP contribution in [0, 0.1) is 10.1 Å². The van der Waals surface area contributed by atoms with Gasteiger partial charge >= 0.3 is 0 Å². The molecule has 0 radical (unpaired) electrons. The Balaban J connectivity index is 1.43. The Bertz CT molecular complexity index is 1390. The van der Waals surface area contributed by atoms with E-state index in [-0.39, 0.29) is 24.2 Å². The molecule has 5 rings (SSSR count). The molecule has 0 bridgehead atoms. The van der Waals surface area contributed by atoms with Gasteiger partial charge in [0.1, 0.15) is 12.4 Å². The Morgan fingerprint density at radius 3 is 2.50 bits per heavy atom. The Labute approximate surface area is 230 Å². The summed E-state index contributed by atoms with van der Waals surface area (Å²) in [4.78, 5) is 31.4. The van der Waals surface area contributed by atoms with Crippen molar-refractivity contribution in [2.45, 2.75) is 44.8 Å². The summed E-state index contributed by atoms with van der Waals surface area (Å²) >= 11 is 7.68. The van der Waals surface area contributed by atoms with Crippen molar-refractivity contribution in [1.82, 2.24) is 4.90 Å². The minimum absolute atomic E-state index is 0.0259. The van der Waals surface area contributed by atoms with Crippen molar-refractivity contribution in [2.24, 2.45) is 4.99 Å². The maximum atomic E-state index is 13.7. The molecule has 2 aliphatic rings. The third-order valence-electron chi connectivity index (χ3n) is 6.56. The first-order chi connectivity index (χ1) is 18.5. The number of carbonyl (C=O) groups is 1. The van der Waals surface area contributed by atoms with Crippen LogP contribution in [0.5, 0.6) is 5.75 Å². The molecule has 0 atom stereocenters. The van der Waals surface area contributed by atoms with Crippen LogP contribution in [-0.4, -0.2) is 26.9 Å². The van der Waals surface area contributed by atoms with E-state index in [1.807, 2.05) is 41.3 Å². The fourth-order valence-corrected chi connectivity index (χ4v) is 5.85. The third kappa shape index (κ3) is 6.09. The summed E-state index contributed by atoms with van der Waals surface area (Å²) in [5.74, 6) is 0.504. The molecule has 0 N–H and O–H groups in total. The Morgan fingerprint density at radius 2 is 1.79 bits per heavy atom. The van der Waals surface area contributed by atoms with Gasteiger partial charge in [-0.15, -0.1) is 0 Å². The van der Waals surface area contributed by atoms with Gasteiger partial charge in [0.2, 0.25) is 0 Å². The van der Waals surface area contributed by atoms with Gasteiger partial charge in [-0.1, -0.05) is 49.1 Å². The van der Waals surface area contributed by atoms with Crippen molar-refractivity contribution in [3.63, 3.8) is 0 Å². The second kappa shape index (κ2) is 11.8. The summed E-state index contributed by atoms with van der Waals surface area (Å²) in [6.45, 7) is 0.214. The third-order valence-corrected chi connectivity index (χ3v) is 7.78. The van der Waals surface area contributed by atoms with Crippen LogP contribution in [0.15, 0.2) is 82.7 Å². The molecular formula is C29H26ClN3O4S. The normalized spacial score (nSPS) is 18.3.